The predicted octanol–water partition coefficient (Wildman–Crippen LogP) is 5.96. The second-order valence-corrected chi connectivity index (χ2v) is 5.95. The third kappa shape index (κ3) is 8.91. The number of rotatable bonds is 7. The van der Waals surface area contributed by atoms with Crippen molar-refractivity contribution in [2.45, 2.75) is 61.3 Å². The number of hydrogen-bond donors (Lipinski definition) is 0. The van der Waals surface area contributed by atoms with E-state index in [0.717, 1.165) is 42.4 Å². The largest absolute Gasteiger partial charge is 0.294 e. The van der Waals surface area contributed by atoms with Crippen LogP contribution in [0.15, 0.2) is 36.9 Å². The van der Waals surface area contributed by atoms with Crippen molar-refractivity contribution in [2.24, 2.45) is 0 Å². The van der Waals surface area contributed by atoms with Crippen molar-refractivity contribution in [3.8, 4) is 0 Å². The number of Topliss-reactive ketones (excluding diaryl/α,β-unsaturated/α-hetero) is 2. The average Bonchev–Trinajstić information content (AvgIpc) is 2.63. The normalized spacial score (nSPS) is 9.19. The highest BCUT2D eigenvalue weighted by Gasteiger charge is 2.09. The van der Waals surface area contributed by atoms with Crippen molar-refractivity contribution in [2.75, 3.05) is 5.88 Å². The van der Waals surface area contributed by atoms with Gasteiger partial charge in [0.05, 0.1) is 5.88 Å². The summed E-state index contributed by atoms with van der Waals surface area (Å²) in [5, 5.41) is 0. The molecule has 0 aliphatic carbocycles. The van der Waals surface area contributed by atoms with Crippen LogP contribution in [-0.2, 0) is 12.8 Å². The summed E-state index contributed by atoms with van der Waals surface area (Å²) < 4.78 is 0. The van der Waals surface area contributed by atoms with Gasteiger partial charge in [0.25, 0.3) is 0 Å². The number of ketones is 2. The van der Waals surface area contributed by atoms with Crippen LogP contribution in [0.2, 0.25) is 0 Å². The molecule has 0 fully saturated rings. The molecule has 27 heavy (non-hydrogen) atoms. The molecule has 2 rings (SSSR count). The molecule has 2 heterocycles. The molecule has 0 spiro atoms. The molecule has 5 heteroatoms. The van der Waals surface area contributed by atoms with E-state index >= 15 is 0 Å². The number of pyridine rings is 2. The maximum atomic E-state index is 11.3. The van der Waals surface area contributed by atoms with Gasteiger partial charge in [0.1, 0.15) is 0 Å². The lowest BCUT2D eigenvalue weighted by Crippen LogP contribution is -2.05. The number of nitrogens with zero attached hydrogens (tertiary/aromatic N) is 2. The molecule has 2 aromatic heterocycles. The topological polar surface area (TPSA) is 59.9 Å². The van der Waals surface area contributed by atoms with E-state index in [0.29, 0.717) is 5.56 Å². The van der Waals surface area contributed by atoms with Crippen molar-refractivity contribution < 1.29 is 9.59 Å². The highest BCUT2D eigenvalue weighted by molar-refractivity contribution is 6.30. The van der Waals surface area contributed by atoms with Gasteiger partial charge >= 0.3 is 0 Å². The van der Waals surface area contributed by atoms with E-state index in [1.165, 1.54) is 0 Å². The third-order valence-electron chi connectivity index (χ3n) is 3.66. The Morgan fingerprint density at radius 3 is 1.74 bits per heavy atom. The highest BCUT2D eigenvalue weighted by atomic mass is 35.5. The van der Waals surface area contributed by atoms with Crippen LogP contribution >= 0.6 is 11.6 Å². The van der Waals surface area contributed by atoms with Crippen LogP contribution in [0.3, 0.4) is 0 Å². The Kier molecular flexibility index (Phi) is 15.1. The smallest absolute Gasteiger partial charge is 0.179 e. The van der Waals surface area contributed by atoms with Gasteiger partial charge in [-0.25, -0.2) is 0 Å². The molecule has 0 unspecified atom stereocenters. The number of alkyl halides is 1. The van der Waals surface area contributed by atoms with E-state index in [1.807, 2.05) is 12.1 Å². The summed E-state index contributed by atoms with van der Waals surface area (Å²) in [4.78, 5) is 30.3. The van der Waals surface area contributed by atoms with Gasteiger partial charge in [-0.3, -0.25) is 19.6 Å². The van der Waals surface area contributed by atoms with Crippen LogP contribution < -0.4 is 0 Å². The number of aromatic nitrogens is 2. The Bertz CT molecular complexity index is 702. The minimum absolute atomic E-state index is 0. The Labute approximate surface area is 169 Å². The summed E-state index contributed by atoms with van der Waals surface area (Å²) >= 11 is 5.48. The maximum absolute atomic E-state index is 11.3. The number of carbonyl (C=O) groups is 2. The Morgan fingerprint density at radius 2 is 1.33 bits per heavy atom. The molecule has 0 aliphatic heterocycles. The zero-order valence-corrected chi connectivity index (χ0v) is 15.8. The zero-order chi connectivity index (χ0) is 18.7. The van der Waals surface area contributed by atoms with Crippen LogP contribution in [0, 0.1) is 0 Å². The van der Waals surface area contributed by atoms with Gasteiger partial charge in [-0.1, -0.05) is 41.5 Å². The van der Waals surface area contributed by atoms with Gasteiger partial charge in [0.2, 0.25) is 0 Å². The van der Waals surface area contributed by atoms with E-state index in [4.69, 9.17) is 11.6 Å². The second kappa shape index (κ2) is 15.0. The number of halogens is 1. The van der Waals surface area contributed by atoms with Gasteiger partial charge in [-0.15, -0.1) is 11.6 Å². The third-order valence-corrected chi connectivity index (χ3v) is 3.91. The molecular formula is C22H33ClN2O2. The standard InChI is InChI=1S/C10H12ClNO.C10H13NO.2CH4/c1-2-3-8-4-5-12-7-9(8)10(13)6-11;1-3-4-9-5-6-11-7-10(9)8(2)12;;/h4-5,7H,2-3,6H2,1H3;5-7H,3-4H2,1-2H3;2*1H4. The van der Waals surface area contributed by atoms with Crippen molar-refractivity contribution in [1.29, 1.82) is 0 Å². The molecule has 0 bridgehead atoms. The monoisotopic (exact) mass is 392 g/mol. The molecule has 0 radical (unpaired) electrons. The van der Waals surface area contributed by atoms with Crippen LogP contribution in [0.25, 0.3) is 0 Å². The lowest BCUT2D eigenvalue weighted by Gasteiger charge is -2.04. The molecule has 0 aromatic carbocycles. The Balaban J connectivity index is 0. The molecule has 4 nitrogen and oxygen atoms in total. The lowest BCUT2D eigenvalue weighted by molar-refractivity contribution is 0.100. The predicted molar refractivity (Wildman–Crippen MR) is 115 cm³/mol. The van der Waals surface area contributed by atoms with Crippen LogP contribution in [0.1, 0.15) is 80.3 Å². The van der Waals surface area contributed by atoms with E-state index in [-0.39, 0.29) is 32.3 Å². The van der Waals surface area contributed by atoms with Gasteiger partial charge in [0, 0.05) is 35.9 Å². The number of hydrogen-bond acceptors (Lipinski definition) is 4. The number of carbonyl (C=O) groups excluding carboxylic acids is 2. The summed E-state index contributed by atoms with van der Waals surface area (Å²) in [6.07, 6.45) is 10.6. The Morgan fingerprint density at radius 1 is 0.889 bits per heavy atom. The van der Waals surface area contributed by atoms with Crippen molar-refractivity contribution in [3.05, 3.63) is 59.2 Å². The van der Waals surface area contributed by atoms with Gasteiger partial charge in [0.15, 0.2) is 11.6 Å². The summed E-state index contributed by atoms with van der Waals surface area (Å²) in [5.74, 6) is 0.0901. The van der Waals surface area contributed by atoms with E-state index in [9.17, 15) is 9.59 Å². The van der Waals surface area contributed by atoms with Crippen molar-refractivity contribution in [1.82, 2.24) is 9.97 Å². The highest BCUT2D eigenvalue weighted by Crippen LogP contribution is 2.11. The summed E-state index contributed by atoms with van der Waals surface area (Å²) in [7, 11) is 0. The molecule has 0 saturated heterocycles. The second-order valence-electron chi connectivity index (χ2n) is 5.68. The fraction of sp³-hybridized carbons (Fsp3) is 0.455. The van der Waals surface area contributed by atoms with Crippen LogP contribution in [0.5, 0.6) is 0 Å². The van der Waals surface area contributed by atoms with Crippen molar-refractivity contribution in [3.63, 3.8) is 0 Å². The zero-order valence-electron chi connectivity index (χ0n) is 15.1. The first-order valence-electron chi connectivity index (χ1n) is 8.50. The maximum Gasteiger partial charge on any atom is 0.179 e. The average molecular weight is 393 g/mol. The summed E-state index contributed by atoms with van der Waals surface area (Å²) in [6.45, 7) is 5.76. The van der Waals surface area contributed by atoms with E-state index in [2.05, 4.69) is 23.8 Å². The molecule has 0 N–H and O–H groups in total. The van der Waals surface area contributed by atoms with Gasteiger partial charge in [-0.05, 0) is 43.0 Å². The molecule has 0 atom stereocenters. The van der Waals surface area contributed by atoms with Crippen LogP contribution in [-0.4, -0.2) is 27.4 Å². The lowest BCUT2D eigenvalue weighted by atomic mass is 10.0. The van der Waals surface area contributed by atoms with Crippen molar-refractivity contribution >= 4 is 23.2 Å². The van der Waals surface area contributed by atoms with E-state index < -0.39 is 0 Å². The molecule has 0 aliphatic rings. The molecular weight excluding hydrogens is 360 g/mol. The molecule has 0 saturated carbocycles. The Hall–Kier alpha value is -2.07. The first-order chi connectivity index (χ1) is 12.0. The van der Waals surface area contributed by atoms with Gasteiger partial charge < -0.3 is 0 Å². The minimum Gasteiger partial charge on any atom is -0.294 e. The molecule has 0 amide bonds. The summed E-state index contributed by atoms with van der Waals surface area (Å²) in [6, 6.07) is 3.80. The minimum atomic E-state index is -0.0433. The molecule has 150 valence electrons. The fourth-order valence-corrected chi connectivity index (χ4v) is 2.61. The van der Waals surface area contributed by atoms with E-state index in [1.54, 1.807) is 31.7 Å². The number of aryl methyl sites for hydroxylation is 2. The first kappa shape index (κ1) is 27.2. The van der Waals surface area contributed by atoms with Crippen LogP contribution in [0.4, 0.5) is 0 Å². The summed E-state index contributed by atoms with van der Waals surface area (Å²) in [5.41, 5.74) is 3.59. The quantitative estimate of drug-likeness (QED) is 0.430. The SMILES string of the molecule is C.C.CCCc1ccncc1C(=O)CCl.CCCc1ccncc1C(C)=O. The molecule has 2 aromatic rings. The fourth-order valence-electron chi connectivity index (χ4n) is 2.46. The first-order valence-corrected chi connectivity index (χ1v) is 9.04. The van der Waals surface area contributed by atoms with Gasteiger partial charge in [-0.2, -0.15) is 0 Å².